The second-order valence-corrected chi connectivity index (χ2v) is 4.85. The summed E-state index contributed by atoms with van der Waals surface area (Å²) in [5, 5.41) is 5.74. The topological polar surface area (TPSA) is 54.0 Å². The van der Waals surface area contributed by atoms with Gasteiger partial charge in [0.2, 0.25) is 0 Å². The van der Waals surface area contributed by atoms with Crippen LogP contribution >= 0.6 is 0 Å². The van der Waals surface area contributed by atoms with Crippen molar-refractivity contribution in [2.45, 2.75) is 19.3 Å². The fraction of sp³-hybridized carbons (Fsp3) is 0.294. The number of nitrogens with one attached hydrogen (secondary N) is 2. The van der Waals surface area contributed by atoms with Crippen LogP contribution in [0.3, 0.4) is 0 Å². The number of hydrogen-bond acceptors (Lipinski definition) is 2. The molecule has 0 fully saturated rings. The van der Waals surface area contributed by atoms with Gasteiger partial charge in [-0.05, 0) is 24.1 Å². The molecule has 1 aromatic heterocycles. The first-order chi connectivity index (χ1) is 10.3. The van der Waals surface area contributed by atoms with E-state index in [1.807, 2.05) is 43.3 Å². The van der Waals surface area contributed by atoms with Crippen LogP contribution in [0.4, 0.5) is 4.79 Å². The van der Waals surface area contributed by atoms with E-state index in [0.717, 1.165) is 17.7 Å². The minimum atomic E-state index is -0.131. The summed E-state index contributed by atoms with van der Waals surface area (Å²) >= 11 is 0. The van der Waals surface area contributed by atoms with Crippen LogP contribution < -0.4 is 10.6 Å². The Bertz CT molecular complexity index is 503. The van der Waals surface area contributed by atoms with Crippen molar-refractivity contribution >= 4 is 6.03 Å². The minimum Gasteiger partial charge on any atom is -0.338 e. The van der Waals surface area contributed by atoms with Gasteiger partial charge in [0.15, 0.2) is 0 Å². The third kappa shape index (κ3) is 4.60. The second-order valence-electron chi connectivity index (χ2n) is 4.85. The Morgan fingerprint density at radius 3 is 2.52 bits per heavy atom. The number of aromatic nitrogens is 1. The van der Waals surface area contributed by atoms with Crippen LogP contribution in [0.25, 0.3) is 0 Å². The highest BCUT2D eigenvalue weighted by Gasteiger charge is 2.16. The van der Waals surface area contributed by atoms with Gasteiger partial charge in [-0.3, -0.25) is 4.98 Å². The smallest absolute Gasteiger partial charge is 0.314 e. The maximum Gasteiger partial charge on any atom is 0.314 e. The first-order valence-electron chi connectivity index (χ1n) is 7.29. The van der Waals surface area contributed by atoms with Crippen molar-refractivity contribution in [3.8, 4) is 0 Å². The molecule has 2 aromatic rings. The summed E-state index contributed by atoms with van der Waals surface area (Å²) in [6.45, 7) is 3.24. The molecule has 2 rings (SSSR count). The molecule has 1 unspecified atom stereocenters. The van der Waals surface area contributed by atoms with Gasteiger partial charge in [-0.25, -0.2) is 4.79 Å². The molecule has 0 spiro atoms. The molecule has 4 heteroatoms. The monoisotopic (exact) mass is 283 g/mol. The van der Waals surface area contributed by atoms with E-state index >= 15 is 0 Å². The molecule has 2 amide bonds. The number of benzene rings is 1. The van der Waals surface area contributed by atoms with E-state index in [-0.39, 0.29) is 11.9 Å². The largest absolute Gasteiger partial charge is 0.338 e. The SMILES string of the molecule is CCCNC(=O)NCC(c1ccccc1)c1ccccn1. The van der Waals surface area contributed by atoms with Gasteiger partial charge in [-0.15, -0.1) is 0 Å². The first-order valence-corrected chi connectivity index (χ1v) is 7.29. The molecule has 0 bridgehead atoms. The normalized spacial score (nSPS) is 11.7. The summed E-state index contributed by atoms with van der Waals surface area (Å²) in [5.74, 6) is 0.0553. The van der Waals surface area contributed by atoms with Crippen LogP contribution in [0.5, 0.6) is 0 Å². The summed E-state index contributed by atoms with van der Waals surface area (Å²) in [6, 6.07) is 15.8. The average molecular weight is 283 g/mol. The highest BCUT2D eigenvalue weighted by molar-refractivity contribution is 5.73. The molecule has 0 saturated heterocycles. The van der Waals surface area contributed by atoms with Gasteiger partial charge in [0.1, 0.15) is 0 Å². The zero-order valence-corrected chi connectivity index (χ0v) is 12.3. The number of hydrogen-bond donors (Lipinski definition) is 2. The highest BCUT2D eigenvalue weighted by atomic mass is 16.2. The van der Waals surface area contributed by atoms with E-state index in [1.165, 1.54) is 0 Å². The molecule has 0 aliphatic heterocycles. The molecular formula is C17H21N3O. The molecule has 4 nitrogen and oxygen atoms in total. The van der Waals surface area contributed by atoms with Crippen LogP contribution in [0.1, 0.15) is 30.5 Å². The van der Waals surface area contributed by atoms with Crippen molar-refractivity contribution in [2.24, 2.45) is 0 Å². The van der Waals surface area contributed by atoms with Crippen molar-refractivity contribution in [3.05, 3.63) is 66.0 Å². The predicted molar refractivity (Wildman–Crippen MR) is 84.2 cm³/mol. The van der Waals surface area contributed by atoms with Crippen LogP contribution in [-0.2, 0) is 0 Å². The van der Waals surface area contributed by atoms with E-state index in [9.17, 15) is 4.79 Å². The van der Waals surface area contributed by atoms with Crippen LogP contribution in [0.2, 0.25) is 0 Å². The maximum atomic E-state index is 11.7. The number of carbonyl (C=O) groups is 1. The lowest BCUT2D eigenvalue weighted by Gasteiger charge is -2.18. The molecule has 1 atom stereocenters. The fourth-order valence-corrected chi connectivity index (χ4v) is 2.16. The quantitative estimate of drug-likeness (QED) is 0.856. The third-order valence-corrected chi connectivity index (χ3v) is 3.25. The molecule has 21 heavy (non-hydrogen) atoms. The molecular weight excluding hydrogens is 262 g/mol. The standard InChI is InChI=1S/C17H21N3O/c1-2-11-19-17(21)20-13-15(14-8-4-3-5-9-14)16-10-6-7-12-18-16/h3-10,12,15H,2,11,13H2,1H3,(H2,19,20,21). The van der Waals surface area contributed by atoms with E-state index in [4.69, 9.17) is 0 Å². The van der Waals surface area contributed by atoms with Crippen molar-refractivity contribution in [1.82, 2.24) is 15.6 Å². The summed E-state index contributed by atoms with van der Waals surface area (Å²) in [7, 11) is 0. The van der Waals surface area contributed by atoms with Crippen molar-refractivity contribution in [3.63, 3.8) is 0 Å². The Labute approximate surface area is 125 Å². The molecule has 0 radical (unpaired) electrons. The van der Waals surface area contributed by atoms with Gasteiger partial charge in [0, 0.05) is 30.9 Å². The number of urea groups is 1. The third-order valence-electron chi connectivity index (χ3n) is 3.25. The number of amides is 2. The molecule has 0 aliphatic carbocycles. The lowest BCUT2D eigenvalue weighted by Crippen LogP contribution is -2.38. The highest BCUT2D eigenvalue weighted by Crippen LogP contribution is 2.21. The number of pyridine rings is 1. The van der Waals surface area contributed by atoms with Gasteiger partial charge in [-0.2, -0.15) is 0 Å². The second kappa shape index (κ2) is 8.04. The van der Waals surface area contributed by atoms with Crippen LogP contribution in [0, 0.1) is 0 Å². The molecule has 2 N–H and O–H groups in total. The van der Waals surface area contributed by atoms with Crippen molar-refractivity contribution in [2.75, 3.05) is 13.1 Å². The number of carbonyl (C=O) groups excluding carboxylic acids is 1. The van der Waals surface area contributed by atoms with E-state index in [2.05, 4.69) is 27.8 Å². The predicted octanol–water partition coefficient (Wildman–Crippen LogP) is 2.92. The van der Waals surface area contributed by atoms with Gasteiger partial charge in [0.25, 0.3) is 0 Å². The average Bonchev–Trinajstić information content (AvgIpc) is 2.55. The number of nitrogens with zero attached hydrogens (tertiary/aromatic N) is 1. The zero-order chi connectivity index (χ0) is 14.9. The summed E-state index contributed by atoms with van der Waals surface area (Å²) in [6.07, 6.45) is 2.71. The Kier molecular flexibility index (Phi) is 5.76. The molecule has 110 valence electrons. The molecule has 1 aromatic carbocycles. The van der Waals surface area contributed by atoms with Gasteiger partial charge in [-0.1, -0.05) is 43.3 Å². The van der Waals surface area contributed by atoms with E-state index in [0.29, 0.717) is 13.1 Å². The lowest BCUT2D eigenvalue weighted by atomic mass is 9.95. The Morgan fingerprint density at radius 1 is 1.10 bits per heavy atom. The van der Waals surface area contributed by atoms with Crippen LogP contribution in [-0.4, -0.2) is 24.1 Å². The Balaban J connectivity index is 2.09. The van der Waals surface area contributed by atoms with Crippen molar-refractivity contribution in [1.29, 1.82) is 0 Å². The summed E-state index contributed by atoms with van der Waals surface area (Å²) in [5.41, 5.74) is 2.10. The lowest BCUT2D eigenvalue weighted by molar-refractivity contribution is 0.240. The zero-order valence-electron chi connectivity index (χ0n) is 12.3. The fourth-order valence-electron chi connectivity index (χ4n) is 2.16. The van der Waals surface area contributed by atoms with Gasteiger partial charge in [0.05, 0.1) is 0 Å². The van der Waals surface area contributed by atoms with Gasteiger partial charge >= 0.3 is 6.03 Å². The van der Waals surface area contributed by atoms with Crippen LogP contribution in [0.15, 0.2) is 54.7 Å². The minimum absolute atomic E-state index is 0.0553. The van der Waals surface area contributed by atoms with E-state index in [1.54, 1.807) is 6.20 Å². The number of rotatable bonds is 6. The van der Waals surface area contributed by atoms with Gasteiger partial charge < -0.3 is 10.6 Å². The summed E-state index contributed by atoms with van der Waals surface area (Å²) in [4.78, 5) is 16.2. The molecule has 0 saturated carbocycles. The van der Waals surface area contributed by atoms with E-state index < -0.39 is 0 Å². The molecule has 0 aliphatic rings. The van der Waals surface area contributed by atoms with Crippen molar-refractivity contribution < 1.29 is 4.79 Å². The Hall–Kier alpha value is -2.36. The summed E-state index contributed by atoms with van der Waals surface area (Å²) < 4.78 is 0. The Morgan fingerprint density at radius 2 is 1.86 bits per heavy atom. The first kappa shape index (κ1) is 15.0. The molecule has 1 heterocycles. The maximum absolute atomic E-state index is 11.7.